The zero-order valence-corrected chi connectivity index (χ0v) is 10.9. The molecule has 0 aromatic carbocycles. The molecule has 0 radical (unpaired) electrons. The van der Waals surface area contributed by atoms with Crippen LogP contribution in [0, 0.1) is 10.8 Å². The van der Waals surface area contributed by atoms with Crippen LogP contribution < -0.4 is 10.6 Å². The van der Waals surface area contributed by atoms with E-state index in [0.29, 0.717) is 16.9 Å². The highest BCUT2D eigenvalue weighted by Crippen LogP contribution is 2.62. The second-order valence-electron chi connectivity index (χ2n) is 6.38. The topological polar surface area (TPSA) is 41.1 Å². The molecule has 1 atom stereocenters. The van der Waals surface area contributed by atoms with Gasteiger partial charge in [0.05, 0.1) is 6.04 Å². The Bertz CT molecular complexity index is 282. The fourth-order valence-electron chi connectivity index (χ4n) is 2.91. The van der Waals surface area contributed by atoms with Gasteiger partial charge in [0.25, 0.3) is 0 Å². The number of hydrogen-bond donors (Lipinski definition) is 2. The van der Waals surface area contributed by atoms with Gasteiger partial charge in [-0.25, -0.2) is 0 Å². The second-order valence-corrected chi connectivity index (χ2v) is 6.38. The number of amides is 1. The number of rotatable bonds is 2. The maximum Gasteiger partial charge on any atom is 0.237 e. The summed E-state index contributed by atoms with van der Waals surface area (Å²) in [6.07, 6.45) is 3.24. The number of hydrogen-bond acceptors (Lipinski definition) is 2. The molecule has 2 fully saturated rings. The van der Waals surface area contributed by atoms with Crippen molar-refractivity contribution in [2.24, 2.45) is 10.8 Å². The molecule has 3 heteroatoms. The Labute approximate surface area is 98.4 Å². The van der Waals surface area contributed by atoms with Gasteiger partial charge in [-0.2, -0.15) is 0 Å². The molecule has 3 nitrogen and oxygen atoms in total. The minimum atomic E-state index is 0.0218. The van der Waals surface area contributed by atoms with E-state index >= 15 is 0 Å². The summed E-state index contributed by atoms with van der Waals surface area (Å²) in [5, 5.41) is 6.53. The Morgan fingerprint density at radius 1 is 1.19 bits per heavy atom. The van der Waals surface area contributed by atoms with Gasteiger partial charge in [0.1, 0.15) is 0 Å². The first-order valence-electron chi connectivity index (χ1n) is 6.41. The normalized spacial score (nSPS) is 33.0. The van der Waals surface area contributed by atoms with E-state index < -0.39 is 0 Å². The van der Waals surface area contributed by atoms with Crippen LogP contribution in [-0.4, -0.2) is 24.5 Å². The molecular formula is C13H24N2O. The van der Waals surface area contributed by atoms with Crippen LogP contribution in [0.2, 0.25) is 0 Å². The van der Waals surface area contributed by atoms with Crippen LogP contribution in [0.5, 0.6) is 0 Å². The van der Waals surface area contributed by atoms with Crippen molar-refractivity contribution in [1.29, 1.82) is 0 Å². The molecule has 2 aliphatic rings. The molecule has 1 unspecified atom stereocenters. The Morgan fingerprint density at radius 2 is 1.81 bits per heavy atom. The maximum absolute atomic E-state index is 11.8. The predicted molar refractivity (Wildman–Crippen MR) is 65.1 cm³/mol. The van der Waals surface area contributed by atoms with E-state index in [1.165, 1.54) is 0 Å². The highest BCUT2D eigenvalue weighted by atomic mass is 16.2. The summed E-state index contributed by atoms with van der Waals surface area (Å²) < 4.78 is 0. The summed E-state index contributed by atoms with van der Waals surface area (Å²) in [7, 11) is 0. The van der Waals surface area contributed by atoms with Crippen molar-refractivity contribution >= 4 is 5.91 Å². The monoisotopic (exact) mass is 224 g/mol. The number of nitrogens with one attached hydrogen (secondary N) is 2. The molecule has 16 heavy (non-hydrogen) atoms. The average molecular weight is 224 g/mol. The van der Waals surface area contributed by atoms with Crippen molar-refractivity contribution < 1.29 is 4.79 Å². The van der Waals surface area contributed by atoms with Crippen LogP contribution in [0.1, 0.15) is 47.0 Å². The minimum absolute atomic E-state index is 0.0218. The van der Waals surface area contributed by atoms with Crippen LogP contribution in [0.4, 0.5) is 0 Å². The highest BCUT2D eigenvalue weighted by molar-refractivity contribution is 5.82. The van der Waals surface area contributed by atoms with Gasteiger partial charge in [-0.3, -0.25) is 4.79 Å². The van der Waals surface area contributed by atoms with Crippen molar-refractivity contribution in [2.75, 3.05) is 6.54 Å². The molecule has 2 N–H and O–H groups in total. The summed E-state index contributed by atoms with van der Waals surface area (Å²) >= 11 is 0. The predicted octanol–water partition coefficient (Wildman–Crippen LogP) is 1.68. The molecule has 92 valence electrons. The molecule has 1 amide bonds. The quantitative estimate of drug-likeness (QED) is 0.749. The average Bonchev–Trinajstić information content (AvgIpc) is 2.67. The van der Waals surface area contributed by atoms with Crippen molar-refractivity contribution in [2.45, 2.75) is 59.0 Å². The minimum Gasteiger partial charge on any atom is -0.355 e. The largest absolute Gasteiger partial charge is 0.355 e. The van der Waals surface area contributed by atoms with Gasteiger partial charge in [0, 0.05) is 12.6 Å². The molecule has 2 rings (SSSR count). The van der Waals surface area contributed by atoms with E-state index in [0.717, 1.165) is 25.8 Å². The summed E-state index contributed by atoms with van der Waals surface area (Å²) in [6, 6.07) is 0.488. The Balaban J connectivity index is 1.97. The van der Waals surface area contributed by atoms with Gasteiger partial charge < -0.3 is 10.6 Å². The third-order valence-corrected chi connectivity index (χ3v) is 4.92. The summed E-state index contributed by atoms with van der Waals surface area (Å²) in [4.78, 5) is 11.8. The molecular weight excluding hydrogens is 200 g/mol. The van der Waals surface area contributed by atoms with Crippen LogP contribution in [0.15, 0.2) is 0 Å². The third-order valence-electron chi connectivity index (χ3n) is 4.92. The first-order valence-corrected chi connectivity index (χ1v) is 6.41. The van der Waals surface area contributed by atoms with Gasteiger partial charge in [0.15, 0.2) is 0 Å². The Hall–Kier alpha value is -0.570. The summed E-state index contributed by atoms with van der Waals surface area (Å²) in [6.45, 7) is 9.95. The fourth-order valence-corrected chi connectivity index (χ4v) is 2.91. The standard InChI is InChI=1S/C13H24N2O/c1-12(2)11(13(12,3)4)15-9-7-5-6-8-14-10(9)16/h9,11,15H,5-8H2,1-4H3,(H,14,16). The lowest BCUT2D eigenvalue weighted by atomic mass is 10.0. The molecule has 1 heterocycles. The summed E-state index contributed by atoms with van der Waals surface area (Å²) in [5.41, 5.74) is 0.610. The first-order chi connectivity index (χ1) is 7.37. The van der Waals surface area contributed by atoms with E-state index in [4.69, 9.17) is 0 Å². The molecule has 0 aromatic heterocycles. The number of carbonyl (C=O) groups is 1. The smallest absolute Gasteiger partial charge is 0.237 e. The molecule has 0 bridgehead atoms. The SMILES string of the molecule is CC1(C)C(NC2CCCCNC2=O)C1(C)C. The van der Waals surface area contributed by atoms with Crippen LogP contribution >= 0.6 is 0 Å². The van der Waals surface area contributed by atoms with Crippen molar-refractivity contribution in [3.05, 3.63) is 0 Å². The van der Waals surface area contributed by atoms with Crippen LogP contribution in [-0.2, 0) is 4.79 Å². The molecule has 1 aliphatic carbocycles. The lowest BCUT2D eigenvalue weighted by Gasteiger charge is -2.16. The molecule has 0 aromatic rings. The van der Waals surface area contributed by atoms with E-state index in [9.17, 15) is 4.79 Å². The summed E-state index contributed by atoms with van der Waals surface area (Å²) in [5.74, 6) is 0.191. The van der Waals surface area contributed by atoms with Gasteiger partial charge in [-0.15, -0.1) is 0 Å². The van der Waals surface area contributed by atoms with Crippen molar-refractivity contribution in [3.8, 4) is 0 Å². The van der Waals surface area contributed by atoms with Crippen molar-refractivity contribution in [3.63, 3.8) is 0 Å². The molecule has 1 saturated carbocycles. The van der Waals surface area contributed by atoms with Gasteiger partial charge in [-0.05, 0) is 30.1 Å². The zero-order valence-electron chi connectivity index (χ0n) is 10.9. The fraction of sp³-hybridized carbons (Fsp3) is 0.923. The lowest BCUT2D eigenvalue weighted by molar-refractivity contribution is -0.122. The van der Waals surface area contributed by atoms with Crippen molar-refractivity contribution in [1.82, 2.24) is 10.6 Å². The lowest BCUT2D eigenvalue weighted by Crippen LogP contribution is -2.45. The third kappa shape index (κ3) is 1.75. The van der Waals surface area contributed by atoms with Crippen LogP contribution in [0.3, 0.4) is 0 Å². The van der Waals surface area contributed by atoms with Gasteiger partial charge in [-0.1, -0.05) is 27.7 Å². The molecule has 1 aliphatic heterocycles. The Morgan fingerprint density at radius 3 is 2.38 bits per heavy atom. The second kappa shape index (κ2) is 3.73. The van der Waals surface area contributed by atoms with Gasteiger partial charge >= 0.3 is 0 Å². The van der Waals surface area contributed by atoms with E-state index in [1.807, 2.05) is 0 Å². The maximum atomic E-state index is 11.8. The van der Waals surface area contributed by atoms with E-state index in [2.05, 4.69) is 38.3 Å². The Kier molecular flexibility index (Phi) is 2.77. The first kappa shape index (κ1) is 11.9. The highest BCUT2D eigenvalue weighted by Gasteiger charge is 2.65. The van der Waals surface area contributed by atoms with E-state index in [-0.39, 0.29) is 11.9 Å². The van der Waals surface area contributed by atoms with E-state index in [1.54, 1.807) is 0 Å². The van der Waals surface area contributed by atoms with Crippen LogP contribution in [0.25, 0.3) is 0 Å². The van der Waals surface area contributed by atoms with Gasteiger partial charge in [0.2, 0.25) is 5.91 Å². The number of carbonyl (C=O) groups excluding carboxylic acids is 1. The zero-order chi connectivity index (χ0) is 12.0. The molecule has 0 spiro atoms. The molecule has 1 saturated heterocycles.